The molecule has 0 radical (unpaired) electrons. The molecule has 1 fully saturated rings. The number of hydrogen-bond donors (Lipinski definition) is 0. The van der Waals surface area contributed by atoms with Crippen molar-refractivity contribution in [3.8, 4) is 0 Å². The van der Waals surface area contributed by atoms with Crippen molar-refractivity contribution in [3.63, 3.8) is 0 Å². The topological polar surface area (TPSA) is 18.5 Å². The summed E-state index contributed by atoms with van der Waals surface area (Å²) < 4.78 is 11.1. The lowest BCUT2D eigenvalue weighted by Crippen LogP contribution is -2.24. The van der Waals surface area contributed by atoms with E-state index in [0.717, 1.165) is 38.5 Å². The molecule has 0 N–H and O–H groups in total. The van der Waals surface area contributed by atoms with Crippen LogP contribution in [-0.4, -0.2) is 31.8 Å². The molecule has 0 aromatic carbocycles. The Bertz CT molecular complexity index is 124. The van der Waals surface area contributed by atoms with Crippen molar-refractivity contribution in [1.29, 1.82) is 0 Å². The molecule has 0 bridgehead atoms. The van der Waals surface area contributed by atoms with Gasteiger partial charge in [-0.3, -0.25) is 0 Å². The lowest BCUT2D eigenvalue weighted by Gasteiger charge is -2.22. The van der Waals surface area contributed by atoms with Gasteiger partial charge in [0, 0.05) is 19.1 Å². The van der Waals surface area contributed by atoms with Gasteiger partial charge < -0.3 is 9.47 Å². The molecule has 1 rings (SSSR count). The van der Waals surface area contributed by atoms with E-state index in [1.54, 1.807) is 0 Å². The summed E-state index contributed by atoms with van der Waals surface area (Å²) in [5.41, 5.74) is 0. The van der Waals surface area contributed by atoms with Gasteiger partial charge in [-0.2, -0.15) is 0 Å². The van der Waals surface area contributed by atoms with Crippen molar-refractivity contribution < 1.29 is 9.47 Å². The van der Waals surface area contributed by atoms with E-state index >= 15 is 0 Å². The number of unbranched alkanes of at least 4 members (excludes halogenated alkanes) is 2. The lowest BCUT2D eigenvalue weighted by atomic mass is 10.1. The van der Waals surface area contributed by atoms with Gasteiger partial charge in [-0.15, -0.1) is 11.6 Å². The Balaban J connectivity index is 1.82. The molecule has 1 aliphatic rings. The predicted octanol–water partition coefficient (Wildman–Crippen LogP) is 2.98. The van der Waals surface area contributed by atoms with E-state index in [1.165, 1.54) is 25.7 Å². The Morgan fingerprint density at radius 1 is 1.21 bits per heavy atom. The van der Waals surface area contributed by atoms with E-state index in [2.05, 4.69) is 0 Å². The molecule has 0 spiro atoms. The maximum atomic E-state index is 5.58. The van der Waals surface area contributed by atoms with Crippen LogP contribution >= 0.6 is 11.6 Å². The minimum atomic E-state index is 0.358. The van der Waals surface area contributed by atoms with Gasteiger partial charge in [-0.25, -0.2) is 0 Å². The van der Waals surface area contributed by atoms with E-state index < -0.39 is 0 Å². The Morgan fingerprint density at radius 3 is 2.86 bits per heavy atom. The number of rotatable bonds is 7. The van der Waals surface area contributed by atoms with Gasteiger partial charge in [-0.1, -0.05) is 0 Å². The lowest BCUT2D eigenvalue weighted by molar-refractivity contribution is -0.0410. The number of alkyl halides is 1. The van der Waals surface area contributed by atoms with Crippen molar-refractivity contribution in [1.82, 2.24) is 0 Å². The zero-order valence-electron chi connectivity index (χ0n) is 8.84. The normalized spacial score (nSPS) is 22.5. The van der Waals surface area contributed by atoms with Gasteiger partial charge in [0.05, 0.1) is 12.7 Å². The van der Waals surface area contributed by atoms with Crippen LogP contribution in [0.25, 0.3) is 0 Å². The molecule has 1 atom stereocenters. The molecule has 1 unspecified atom stereocenters. The summed E-state index contributed by atoms with van der Waals surface area (Å²) in [6.07, 6.45) is 7.43. The summed E-state index contributed by atoms with van der Waals surface area (Å²) in [5, 5.41) is 0. The van der Waals surface area contributed by atoms with Crippen molar-refractivity contribution in [2.24, 2.45) is 0 Å². The fourth-order valence-electron chi connectivity index (χ4n) is 1.63. The fraction of sp³-hybridized carbons (Fsp3) is 1.00. The SMILES string of the molecule is ClCCCCCOCC1CCCCO1. The minimum Gasteiger partial charge on any atom is -0.379 e. The number of ether oxygens (including phenoxy) is 2. The first kappa shape index (κ1) is 12.3. The summed E-state index contributed by atoms with van der Waals surface area (Å²) >= 11 is 5.58. The van der Waals surface area contributed by atoms with E-state index in [9.17, 15) is 0 Å². The van der Waals surface area contributed by atoms with Crippen LogP contribution in [0.1, 0.15) is 38.5 Å². The quantitative estimate of drug-likeness (QED) is 0.485. The molecule has 14 heavy (non-hydrogen) atoms. The van der Waals surface area contributed by atoms with Crippen LogP contribution in [0.15, 0.2) is 0 Å². The van der Waals surface area contributed by atoms with Crippen LogP contribution in [0.4, 0.5) is 0 Å². The fourth-order valence-corrected chi connectivity index (χ4v) is 1.82. The van der Waals surface area contributed by atoms with Gasteiger partial charge in [0.1, 0.15) is 0 Å². The van der Waals surface area contributed by atoms with Gasteiger partial charge in [0.25, 0.3) is 0 Å². The summed E-state index contributed by atoms with van der Waals surface area (Å²) in [6.45, 7) is 2.55. The molecule has 0 saturated carbocycles. The third kappa shape index (κ3) is 5.84. The molecule has 0 aromatic rings. The Kier molecular flexibility index (Phi) is 7.47. The number of hydrogen-bond acceptors (Lipinski definition) is 2. The van der Waals surface area contributed by atoms with Crippen LogP contribution in [0.5, 0.6) is 0 Å². The second-order valence-electron chi connectivity index (χ2n) is 3.81. The average molecular weight is 221 g/mol. The average Bonchev–Trinajstić information content (AvgIpc) is 2.25. The van der Waals surface area contributed by atoms with Gasteiger partial charge in [0.2, 0.25) is 0 Å². The summed E-state index contributed by atoms with van der Waals surface area (Å²) in [7, 11) is 0. The van der Waals surface area contributed by atoms with Crippen molar-refractivity contribution in [3.05, 3.63) is 0 Å². The molecule has 1 heterocycles. The second kappa shape index (κ2) is 8.51. The molecule has 0 aromatic heterocycles. The monoisotopic (exact) mass is 220 g/mol. The first-order chi connectivity index (χ1) is 6.93. The summed E-state index contributed by atoms with van der Waals surface area (Å²) in [6, 6.07) is 0. The van der Waals surface area contributed by atoms with Crippen LogP contribution in [0.2, 0.25) is 0 Å². The van der Waals surface area contributed by atoms with E-state index in [-0.39, 0.29) is 0 Å². The van der Waals surface area contributed by atoms with E-state index in [4.69, 9.17) is 21.1 Å². The van der Waals surface area contributed by atoms with Crippen LogP contribution in [-0.2, 0) is 9.47 Å². The zero-order valence-corrected chi connectivity index (χ0v) is 9.60. The molecule has 0 amide bonds. The maximum absolute atomic E-state index is 5.58. The molecule has 3 heteroatoms. The molecule has 2 nitrogen and oxygen atoms in total. The third-order valence-corrected chi connectivity index (χ3v) is 2.77. The maximum Gasteiger partial charge on any atom is 0.0808 e. The van der Waals surface area contributed by atoms with Gasteiger partial charge >= 0.3 is 0 Å². The van der Waals surface area contributed by atoms with Gasteiger partial charge in [0.15, 0.2) is 0 Å². The molecular weight excluding hydrogens is 200 g/mol. The summed E-state index contributed by atoms with van der Waals surface area (Å²) in [5.74, 6) is 0.770. The first-order valence-corrected chi connectivity index (χ1v) is 6.22. The highest BCUT2D eigenvalue weighted by molar-refractivity contribution is 6.17. The largest absolute Gasteiger partial charge is 0.379 e. The van der Waals surface area contributed by atoms with Gasteiger partial charge in [-0.05, 0) is 38.5 Å². The van der Waals surface area contributed by atoms with Crippen molar-refractivity contribution in [2.45, 2.75) is 44.6 Å². The standard InChI is InChI=1S/C11H21ClO2/c12-7-3-1-4-8-13-10-11-6-2-5-9-14-11/h11H,1-10H2. The highest BCUT2D eigenvalue weighted by Gasteiger charge is 2.13. The molecule has 1 saturated heterocycles. The Hall–Kier alpha value is 0.210. The van der Waals surface area contributed by atoms with E-state index in [1.807, 2.05) is 0 Å². The molecular formula is C11H21ClO2. The highest BCUT2D eigenvalue weighted by atomic mass is 35.5. The van der Waals surface area contributed by atoms with Crippen LogP contribution in [0.3, 0.4) is 0 Å². The predicted molar refractivity (Wildman–Crippen MR) is 59.0 cm³/mol. The number of halogens is 1. The summed E-state index contributed by atoms with van der Waals surface area (Å²) in [4.78, 5) is 0. The smallest absolute Gasteiger partial charge is 0.0808 e. The highest BCUT2D eigenvalue weighted by Crippen LogP contribution is 2.12. The zero-order chi connectivity index (χ0) is 10.1. The Morgan fingerprint density at radius 2 is 2.14 bits per heavy atom. The minimum absolute atomic E-state index is 0.358. The van der Waals surface area contributed by atoms with Crippen molar-refractivity contribution in [2.75, 3.05) is 25.7 Å². The third-order valence-electron chi connectivity index (χ3n) is 2.50. The van der Waals surface area contributed by atoms with E-state index in [0.29, 0.717) is 6.10 Å². The Labute approximate surface area is 91.9 Å². The van der Waals surface area contributed by atoms with Crippen molar-refractivity contribution >= 4 is 11.6 Å². The first-order valence-electron chi connectivity index (χ1n) is 5.69. The second-order valence-corrected chi connectivity index (χ2v) is 4.19. The van der Waals surface area contributed by atoms with Crippen LogP contribution in [0, 0.1) is 0 Å². The molecule has 1 aliphatic heterocycles. The van der Waals surface area contributed by atoms with Crippen LogP contribution < -0.4 is 0 Å². The molecule has 0 aliphatic carbocycles. The molecule has 84 valence electrons.